The molecule has 0 radical (unpaired) electrons. The van der Waals surface area contributed by atoms with Crippen LogP contribution in [0.4, 0.5) is 0 Å². The van der Waals surface area contributed by atoms with Crippen molar-refractivity contribution < 1.29 is 19.7 Å². The smallest absolute Gasteiger partial charge is 0.344 e. The van der Waals surface area contributed by atoms with Crippen molar-refractivity contribution in [3.63, 3.8) is 0 Å². The highest BCUT2D eigenvalue weighted by molar-refractivity contribution is 6.30. The Morgan fingerprint density at radius 2 is 2.25 bits per heavy atom. The molecular weight excluding hydrogens is 232 g/mol. The van der Waals surface area contributed by atoms with Gasteiger partial charge >= 0.3 is 5.97 Å². The van der Waals surface area contributed by atoms with E-state index in [0.29, 0.717) is 22.8 Å². The molecule has 1 aromatic carbocycles. The van der Waals surface area contributed by atoms with Gasteiger partial charge < -0.3 is 14.9 Å². The Morgan fingerprint density at radius 1 is 1.56 bits per heavy atom. The topological polar surface area (TPSA) is 66.8 Å². The molecular formula is C11H13ClO4. The molecule has 0 heterocycles. The predicted molar refractivity (Wildman–Crippen MR) is 59.7 cm³/mol. The van der Waals surface area contributed by atoms with Crippen molar-refractivity contribution in [2.75, 3.05) is 0 Å². The lowest BCUT2D eigenvalue weighted by atomic mass is 10.2. The summed E-state index contributed by atoms with van der Waals surface area (Å²) in [6.45, 7) is 1.49. The van der Waals surface area contributed by atoms with E-state index in [4.69, 9.17) is 26.6 Å². The molecule has 0 aliphatic carbocycles. The van der Waals surface area contributed by atoms with Crippen molar-refractivity contribution in [1.82, 2.24) is 0 Å². The second-order valence-electron chi connectivity index (χ2n) is 3.26. The Morgan fingerprint density at radius 3 is 2.75 bits per heavy atom. The van der Waals surface area contributed by atoms with E-state index >= 15 is 0 Å². The Bertz CT molecular complexity index is 378. The molecule has 16 heavy (non-hydrogen) atoms. The van der Waals surface area contributed by atoms with Gasteiger partial charge in [-0.1, -0.05) is 24.6 Å². The van der Waals surface area contributed by atoms with E-state index in [9.17, 15) is 4.79 Å². The van der Waals surface area contributed by atoms with Gasteiger partial charge in [0.05, 0.1) is 6.61 Å². The fourth-order valence-corrected chi connectivity index (χ4v) is 1.39. The highest BCUT2D eigenvalue weighted by Crippen LogP contribution is 2.25. The van der Waals surface area contributed by atoms with Crippen LogP contribution in [0, 0.1) is 0 Å². The van der Waals surface area contributed by atoms with E-state index < -0.39 is 12.1 Å². The zero-order valence-electron chi connectivity index (χ0n) is 8.81. The molecule has 0 bridgehead atoms. The molecule has 2 N–H and O–H groups in total. The lowest BCUT2D eigenvalue weighted by Crippen LogP contribution is -2.26. The van der Waals surface area contributed by atoms with Crippen LogP contribution < -0.4 is 4.74 Å². The normalized spacial score (nSPS) is 12.2. The molecule has 5 heteroatoms. The number of hydrogen-bond donors (Lipinski definition) is 2. The summed E-state index contributed by atoms with van der Waals surface area (Å²) in [4.78, 5) is 10.8. The van der Waals surface area contributed by atoms with Gasteiger partial charge in [0.25, 0.3) is 0 Å². The van der Waals surface area contributed by atoms with Crippen LogP contribution in [0.25, 0.3) is 0 Å². The number of aliphatic hydroxyl groups excluding tert-OH is 1. The Kier molecular flexibility index (Phi) is 4.58. The van der Waals surface area contributed by atoms with E-state index in [0.717, 1.165) is 0 Å². The van der Waals surface area contributed by atoms with Crippen LogP contribution in [0.15, 0.2) is 18.2 Å². The lowest BCUT2D eigenvalue weighted by Gasteiger charge is -2.15. The summed E-state index contributed by atoms with van der Waals surface area (Å²) >= 11 is 5.77. The van der Waals surface area contributed by atoms with Crippen LogP contribution in [0.5, 0.6) is 5.75 Å². The minimum Gasteiger partial charge on any atom is -0.479 e. The van der Waals surface area contributed by atoms with Gasteiger partial charge in [-0.15, -0.1) is 0 Å². The maximum Gasteiger partial charge on any atom is 0.344 e. The number of carboxylic acids is 1. The van der Waals surface area contributed by atoms with Gasteiger partial charge in [0, 0.05) is 10.6 Å². The number of carboxylic acid groups (broad SMARTS) is 1. The van der Waals surface area contributed by atoms with E-state index in [1.54, 1.807) is 19.1 Å². The van der Waals surface area contributed by atoms with Crippen LogP contribution in [0.3, 0.4) is 0 Å². The molecule has 0 aromatic heterocycles. The second-order valence-corrected chi connectivity index (χ2v) is 3.70. The largest absolute Gasteiger partial charge is 0.479 e. The van der Waals surface area contributed by atoms with Crippen LogP contribution in [0.2, 0.25) is 5.02 Å². The molecule has 1 aromatic rings. The third-order valence-corrected chi connectivity index (χ3v) is 2.35. The molecule has 0 amide bonds. The first-order valence-electron chi connectivity index (χ1n) is 4.87. The maximum atomic E-state index is 10.8. The van der Waals surface area contributed by atoms with Crippen molar-refractivity contribution in [2.24, 2.45) is 0 Å². The average Bonchev–Trinajstić information content (AvgIpc) is 2.25. The molecule has 0 aliphatic rings. The highest BCUT2D eigenvalue weighted by Gasteiger charge is 2.18. The van der Waals surface area contributed by atoms with Crippen LogP contribution in [-0.2, 0) is 11.4 Å². The molecule has 88 valence electrons. The SMILES string of the molecule is CCC(Oc1cc(Cl)ccc1CO)C(=O)O. The van der Waals surface area contributed by atoms with E-state index in [2.05, 4.69) is 0 Å². The third kappa shape index (κ3) is 3.12. The number of benzene rings is 1. The number of aliphatic carboxylic acids is 1. The van der Waals surface area contributed by atoms with Crippen molar-refractivity contribution in [2.45, 2.75) is 26.1 Å². The minimum absolute atomic E-state index is 0.220. The van der Waals surface area contributed by atoms with Gasteiger partial charge in [-0.05, 0) is 18.6 Å². The summed E-state index contributed by atoms with van der Waals surface area (Å²) in [5.41, 5.74) is 0.518. The maximum absolute atomic E-state index is 10.8. The summed E-state index contributed by atoms with van der Waals surface area (Å²) in [6, 6.07) is 4.71. The number of halogens is 1. The first-order chi connectivity index (χ1) is 7.58. The molecule has 1 unspecified atom stereocenters. The molecule has 0 saturated carbocycles. The molecule has 0 spiro atoms. The van der Waals surface area contributed by atoms with Gasteiger partial charge in [0.2, 0.25) is 0 Å². The summed E-state index contributed by atoms with van der Waals surface area (Å²) in [7, 11) is 0. The van der Waals surface area contributed by atoms with Crippen LogP contribution >= 0.6 is 11.6 Å². The molecule has 0 aliphatic heterocycles. The van der Waals surface area contributed by atoms with Gasteiger partial charge in [-0.25, -0.2) is 4.79 Å². The summed E-state index contributed by atoms with van der Waals surface area (Å²) in [5.74, 6) is -0.726. The number of rotatable bonds is 5. The first-order valence-corrected chi connectivity index (χ1v) is 5.25. The summed E-state index contributed by atoms with van der Waals surface area (Å²) < 4.78 is 5.28. The van der Waals surface area contributed by atoms with Gasteiger partial charge in [-0.2, -0.15) is 0 Å². The van der Waals surface area contributed by atoms with Crippen molar-refractivity contribution in [3.8, 4) is 5.75 Å². The molecule has 4 nitrogen and oxygen atoms in total. The standard InChI is InChI=1S/C11H13ClO4/c1-2-9(11(14)15)16-10-5-8(12)4-3-7(10)6-13/h3-5,9,13H,2,6H2,1H3,(H,14,15). The number of hydrogen-bond acceptors (Lipinski definition) is 3. The van der Waals surface area contributed by atoms with E-state index in [1.807, 2.05) is 0 Å². The Balaban J connectivity index is 2.93. The summed E-state index contributed by atoms with van der Waals surface area (Å²) in [5, 5.41) is 18.3. The van der Waals surface area contributed by atoms with E-state index in [1.165, 1.54) is 6.07 Å². The molecule has 0 saturated heterocycles. The predicted octanol–water partition coefficient (Wildman–Crippen LogP) is 2.07. The van der Waals surface area contributed by atoms with Crippen LogP contribution in [0.1, 0.15) is 18.9 Å². The van der Waals surface area contributed by atoms with Crippen molar-refractivity contribution in [3.05, 3.63) is 28.8 Å². The second kappa shape index (κ2) is 5.72. The number of ether oxygens (including phenoxy) is 1. The Labute approximate surface area is 98.4 Å². The van der Waals surface area contributed by atoms with Gasteiger partial charge in [0.1, 0.15) is 5.75 Å². The van der Waals surface area contributed by atoms with Crippen molar-refractivity contribution >= 4 is 17.6 Å². The van der Waals surface area contributed by atoms with Crippen molar-refractivity contribution in [1.29, 1.82) is 0 Å². The zero-order valence-corrected chi connectivity index (χ0v) is 9.57. The minimum atomic E-state index is -1.04. The van der Waals surface area contributed by atoms with Crippen LogP contribution in [-0.4, -0.2) is 22.3 Å². The zero-order chi connectivity index (χ0) is 12.1. The van der Waals surface area contributed by atoms with Gasteiger partial charge in [-0.3, -0.25) is 0 Å². The quantitative estimate of drug-likeness (QED) is 0.832. The number of aliphatic hydroxyl groups is 1. The fraction of sp³-hybridized carbons (Fsp3) is 0.364. The molecule has 0 fully saturated rings. The molecule has 1 atom stereocenters. The van der Waals surface area contributed by atoms with E-state index in [-0.39, 0.29) is 6.61 Å². The first kappa shape index (κ1) is 12.8. The lowest BCUT2D eigenvalue weighted by molar-refractivity contribution is -0.145. The fourth-order valence-electron chi connectivity index (χ4n) is 1.23. The monoisotopic (exact) mass is 244 g/mol. The van der Waals surface area contributed by atoms with Gasteiger partial charge in [0.15, 0.2) is 6.10 Å². The average molecular weight is 245 g/mol. The Hall–Kier alpha value is -1.26. The molecule has 1 rings (SSSR count). The number of carbonyl (C=O) groups is 1. The third-order valence-electron chi connectivity index (χ3n) is 2.12. The highest BCUT2D eigenvalue weighted by atomic mass is 35.5. The summed E-state index contributed by atoms with van der Waals surface area (Å²) in [6.07, 6.45) is -0.587.